The number of ketones is 1. The van der Waals surface area contributed by atoms with E-state index < -0.39 is 0 Å². The molecule has 0 aliphatic heterocycles. The van der Waals surface area contributed by atoms with Gasteiger partial charge in [-0.2, -0.15) is 5.10 Å². The number of hydrogen-bond donors (Lipinski definition) is 0. The van der Waals surface area contributed by atoms with E-state index >= 15 is 0 Å². The Kier molecular flexibility index (Phi) is 3.14. The summed E-state index contributed by atoms with van der Waals surface area (Å²) in [6.07, 6.45) is 2.58. The zero-order chi connectivity index (χ0) is 14.1. The number of nitrogens with zero attached hydrogens (tertiary/aromatic N) is 2. The van der Waals surface area contributed by atoms with Crippen LogP contribution in [0.5, 0.6) is 0 Å². The molecule has 0 atom stereocenters. The Labute approximate surface area is 117 Å². The third-order valence-electron chi connectivity index (χ3n) is 3.28. The monoisotopic (exact) mass is 268 g/mol. The second-order valence-corrected chi connectivity index (χ2v) is 4.92. The first-order valence-corrected chi connectivity index (χ1v) is 6.75. The highest BCUT2D eigenvalue weighted by Gasteiger charge is 2.18. The topological polar surface area (TPSA) is 48.0 Å². The third kappa shape index (κ3) is 2.13. The summed E-state index contributed by atoms with van der Waals surface area (Å²) in [6, 6.07) is 9.41. The van der Waals surface area contributed by atoms with Crippen molar-refractivity contribution in [3.05, 3.63) is 53.5 Å². The number of hydrogen-bond acceptors (Lipinski definition) is 3. The van der Waals surface area contributed by atoms with Crippen LogP contribution in [0.2, 0.25) is 0 Å². The number of fused-ring (bicyclic) bond motifs is 1. The van der Waals surface area contributed by atoms with Crippen LogP contribution in [0.25, 0.3) is 11.0 Å². The van der Waals surface area contributed by atoms with Crippen LogP contribution >= 0.6 is 0 Å². The number of furan rings is 1. The number of benzene rings is 1. The largest absolute Gasteiger partial charge is 0.453 e. The lowest BCUT2D eigenvalue weighted by molar-refractivity contribution is 0.100. The molecule has 3 rings (SSSR count). The summed E-state index contributed by atoms with van der Waals surface area (Å²) in [5.74, 6) is 0.244. The lowest BCUT2D eigenvalue weighted by Gasteiger charge is -2.02. The van der Waals surface area contributed by atoms with Crippen molar-refractivity contribution < 1.29 is 9.21 Å². The number of rotatable bonds is 4. The summed E-state index contributed by atoms with van der Waals surface area (Å²) in [5.41, 5.74) is 2.46. The molecule has 0 spiro atoms. The fraction of sp³-hybridized carbons (Fsp3) is 0.250. The van der Waals surface area contributed by atoms with Crippen LogP contribution < -0.4 is 0 Å². The van der Waals surface area contributed by atoms with Gasteiger partial charge in [0.2, 0.25) is 5.78 Å². The summed E-state index contributed by atoms with van der Waals surface area (Å²) in [6.45, 7) is 4.80. The van der Waals surface area contributed by atoms with Crippen molar-refractivity contribution in [3.63, 3.8) is 0 Å². The van der Waals surface area contributed by atoms with Crippen LogP contribution in [0, 0.1) is 6.92 Å². The molecule has 0 aliphatic carbocycles. The lowest BCUT2D eigenvalue weighted by Crippen LogP contribution is -2.10. The summed E-state index contributed by atoms with van der Waals surface area (Å²) in [5, 5.41) is 5.13. The van der Waals surface area contributed by atoms with E-state index in [1.807, 2.05) is 25.1 Å². The van der Waals surface area contributed by atoms with E-state index in [1.54, 1.807) is 23.0 Å². The third-order valence-corrected chi connectivity index (χ3v) is 3.28. The molecular formula is C16H16N2O2. The fourth-order valence-corrected chi connectivity index (χ4v) is 2.32. The van der Waals surface area contributed by atoms with Gasteiger partial charge in [-0.05, 0) is 37.6 Å². The number of carbonyl (C=O) groups is 1. The maximum atomic E-state index is 12.5. The molecular weight excluding hydrogens is 252 g/mol. The molecule has 0 fully saturated rings. The summed E-state index contributed by atoms with van der Waals surface area (Å²) < 4.78 is 7.37. The van der Waals surface area contributed by atoms with Crippen LogP contribution in [-0.4, -0.2) is 15.6 Å². The minimum absolute atomic E-state index is 0.121. The van der Waals surface area contributed by atoms with E-state index in [0.29, 0.717) is 11.5 Å². The Morgan fingerprint density at radius 3 is 2.95 bits per heavy atom. The van der Waals surface area contributed by atoms with Crippen LogP contribution in [-0.2, 0) is 6.54 Å². The van der Waals surface area contributed by atoms with Gasteiger partial charge in [-0.1, -0.05) is 18.6 Å². The van der Waals surface area contributed by atoms with Gasteiger partial charge in [0.25, 0.3) is 0 Å². The normalized spacial score (nSPS) is 11.1. The van der Waals surface area contributed by atoms with Crippen molar-refractivity contribution in [1.82, 2.24) is 9.78 Å². The van der Waals surface area contributed by atoms with E-state index in [-0.39, 0.29) is 5.78 Å². The molecule has 3 aromatic rings. The highest BCUT2D eigenvalue weighted by molar-refractivity contribution is 6.07. The first kappa shape index (κ1) is 12.7. The van der Waals surface area contributed by atoms with Gasteiger partial charge in [-0.25, -0.2) is 0 Å². The van der Waals surface area contributed by atoms with Gasteiger partial charge in [0.05, 0.1) is 0 Å². The van der Waals surface area contributed by atoms with E-state index in [4.69, 9.17) is 4.42 Å². The lowest BCUT2D eigenvalue weighted by atomic mass is 10.1. The van der Waals surface area contributed by atoms with E-state index in [0.717, 1.165) is 29.5 Å². The molecule has 0 amide bonds. The first-order chi connectivity index (χ1) is 9.69. The SMILES string of the molecule is CCCn1nccc1C(=O)c1cc2cc(C)ccc2o1. The average Bonchev–Trinajstić information content (AvgIpc) is 3.04. The van der Waals surface area contributed by atoms with Gasteiger partial charge in [0.15, 0.2) is 5.76 Å². The van der Waals surface area contributed by atoms with Gasteiger partial charge in [0, 0.05) is 18.1 Å². The highest BCUT2D eigenvalue weighted by atomic mass is 16.3. The van der Waals surface area contributed by atoms with Crippen LogP contribution in [0.15, 0.2) is 40.9 Å². The van der Waals surface area contributed by atoms with Gasteiger partial charge in [-0.3, -0.25) is 9.48 Å². The molecule has 0 radical (unpaired) electrons. The predicted octanol–water partition coefficient (Wildman–Crippen LogP) is 3.58. The maximum absolute atomic E-state index is 12.5. The van der Waals surface area contributed by atoms with E-state index in [2.05, 4.69) is 12.0 Å². The molecule has 20 heavy (non-hydrogen) atoms. The minimum Gasteiger partial charge on any atom is -0.453 e. The minimum atomic E-state index is -0.121. The van der Waals surface area contributed by atoms with Crippen molar-refractivity contribution in [2.75, 3.05) is 0 Å². The Balaban J connectivity index is 2.01. The Bertz CT molecular complexity index is 768. The molecule has 4 nitrogen and oxygen atoms in total. The van der Waals surface area contributed by atoms with Gasteiger partial charge in [-0.15, -0.1) is 0 Å². The molecule has 2 aromatic heterocycles. The molecule has 102 valence electrons. The van der Waals surface area contributed by atoms with Crippen molar-refractivity contribution in [3.8, 4) is 0 Å². The van der Waals surface area contributed by atoms with Crippen molar-refractivity contribution in [1.29, 1.82) is 0 Å². The number of aromatic nitrogens is 2. The Morgan fingerprint density at radius 1 is 1.30 bits per heavy atom. The molecule has 0 saturated carbocycles. The average molecular weight is 268 g/mol. The fourth-order valence-electron chi connectivity index (χ4n) is 2.32. The molecule has 0 bridgehead atoms. The van der Waals surface area contributed by atoms with Crippen LogP contribution in [0.1, 0.15) is 35.2 Å². The van der Waals surface area contributed by atoms with E-state index in [9.17, 15) is 4.79 Å². The second kappa shape index (κ2) is 4.96. The zero-order valence-corrected chi connectivity index (χ0v) is 11.6. The molecule has 1 aromatic carbocycles. The summed E-state index contributed by atoms with van der Waals surface area (Å²) >= 11 is 0. The molecule has 2 heterocycles. The first-order valence-electron chi connectivity index (χ1n) is 6.75. The van der Waals surface area contributed by atoms with Crippen LogP contribution in [0.4, 0.5) is 0 Å². The molecule has 0 N–H and O–H groups in total. The summed E-state index contributed by atoms with van der Waals surface area (Å²) in [7, 11) is 0. The molecule has 0 aliphatic rings. The van der Waals surface area contributed by atoms with Crippen molar-refractivity contribution in [2.45, 2.75) is 26.8 Å². The van der Waals surface area contributed by atoms with Crippen molar-refractivity contribution >= 4 is 16.8 Å². The Morgan fingerprint density at radius 2 is 2.15 bits per heavy atom. The van der Waals surface area contributed by atoms with Gasteiger partial charge < -0.3 is 4.42 Å². The van der Waals surface area contributed by atoms with Gasteiger partial charge in [0.1, 0.15) is 11.3 Å². The summed E-state index contributed by atoms with van der Waals surface area (Å²) in [4.78, 5) is 12.5. The van der Waals surface area contributed by atoms with Crippen LogP contribution in [0.3, 0.4) is 0 Å². The maximum Gasteiger partial charge on any atom is 0.246 e. The number of aryl methyl sites for hydroxylation is 2. The standard InChI is InChI=1S/C16H16N2O2/c1-3-8-18-13(6-7-17-18)16(19)15-10-12-9-11(2)4-5-14(12)20-15/h4-7,9-10H,3,8H2,1-2H3. The second-order valence-electron chi connectivity index (χ2n) is 4.92. The number of carbonyl (C=O) groups excluding carboxylic acids is 1. The highest BCUT2D eigenvalue weighted by Crippen LogP contribution is 2.22. The van der Waals surface area contributed by atoms with Crippen molar-refractivity contribution in [2.24, 2.45) is 0 Å². The molecule has 0 saturated heterocycles. The smallest absolute Gasteiger partial charge is 0.246 e. The molecule has 4 heteroatoms. The van der Waals surface area contributed by atoms with E-state index in [1.165, 1.54) is 0 Å². The Hall–Kier alpha value is -2.36. The predicted molar refractivity (Wildman–Crippen MR) is 76.9 cm³/mol. The van der Waals surface area contributed by atoms with Gasteiger partial charge >= 0.3 is 0 Å². The zero-order valence-electron chi connectivity index (χ0n) is 11.6. The quantitative estimate of drug-likeness (QED) is 0.679. The molecule has 0 unspecified atom stereocenters.